The van der Waals surface area contributed by atoms with E-state index in [1.54, 1.807) is 0 Å². The third kappa shape index (κ3) is 5.40. The summed E-state index contributed by atoms with van der Waals surface area (Å²) in [6.45, 7) is 11.5. The summed E-state index contributed by atoms with van der Waals surface area (Å²) in [6.07, 6.45) is 3.31. The minimum atomic E-state index is -1.71. The molecule has 1 nitrogen and oxygen atoms in total. The molecule has 0 unspecified atom stereocenters. The Morgan fingerprint density at radius 3 is 2.26 bits per heavy atom. The van der Waals surface area contributed by atoms with Gasteiger partial charge in [-0.1, -0.05) is 79.8 Å². The third-order valence-electron chi connectivity index (χ3n) is 3.82. The number of halogens is 1. The Labute approximate surface area is 132 Å². The van der Waals surface area contributed by atoms with Gasteiger partial charge in [-0.3, -0.25) is 0 Å². The first-order valence-electron chi connectivity index (χ1n) is 6.75. The summed E-state index contributed by atoms with van der Waals surface area (Å²) >= 11 is 2.27. The second-order valence-electron chi connectivity index (χ2n) is 6.42. The predicted molar refractivity (Wildman–Crippen MR) is 95.4 cm³/mol. The van der Waals surface area contributed by atoms with Crippen molar-refractivity contribution >= 4 is 30.9 Å². The lowest BCUT2D eigenvalue weighted by Crippen LogP contribution is -2.44. The van der Waals surface area contributed by atoms with Crippen LogP contribution >= 0.6 is 22.6 Å². The van der Waals surface area contributed by atoms with E-state index in [9.17, 15) is 0 Å². The Morgan fingerprint density at radius 1 is 1.21 bits per heavy atom. The zero-order valence-corrected chi connectivity index (χ0v) is 15.8. The van der Waals surface area contributed by atoms with Gasteiger partial charge in [0, 0.05) is 6.42 Å². The molecule has 0 amide bonds. The average Bonchev–Trinajstić information content (AvgIpc) is 2.28. The number of benzene rings is 1. The Bertz CT molecular complexity index is 407. The monoisotopic (exact) mass is 388 g/mol. The van der Waals surface area contributed by atoms with Crippen LogP contribution in [0.4, 0.5) is 0 Å². The molecule has 0 spiro atoms. The fourth-order valence-corrected chi connectivity index (χ4v) is 3.37. The van der Waals surface area contributed by atoms with Crippen molar-refractivity contribution in [3.8, 4) is 0 Å². The molecule has 1 rings (SSSR count). The van der Waals surface area contributed by atoms with E-state index in [0.717, 1.165) is 6.42 Å². The largest absolute Gasteiger partial charge is 0.410 e. The maximum Gasteiger partial charge on any atom is 0.192 e. The van der Waals surface area contributed by atoms with Crippen LogP contribution in [0.3, 0.4) is 0 Å². The van der Waals surface area contributed by atoms with Gasteiger partial charge in [-0.2, -0.15) is 0 Å². The summed E-state index contributed by atoms with van der Waals surface area (Å²) in [5.74, 6) is 0. The average molecular weight is 388 g/mol. The van der Waals surface area contributed by atoms with Crippen molar-refractivity contribution in [2.45, 2.75) is 51.4 Å². The maximum absolute atomic E-state index is 6.49. The van der Waals surface area contributed by atoms with Crippen LogP contribution in [-0.2, 0) is 10.8 Å². The molecule has 0 N–H and O–H groups in total. The normalized spacial score (nSPS) is 14.8. The molecule has 0 saturated heterocycles. The molecule has 0 bridgehead atoms. The fourth-order valence-electron chi connectivity index (χ4n) is 1.63. The Kier molecular flexibility index (Phi) is 6.27. The van der Waals surface area contributed by atoms with E-state index in [2.05, 4.69) is 96.9 Å². The van der Waals surface area contributed by atoms with Crippen LogP contribution in [0.5, 0.6) is 0 Å². The molecule has 0 fully saturated rings. The molecule has 0 saturated carbocycles. The van der Waals surface area contributed by atoms with Crippen molar-refractivity contribution in [3.05, 3.63) is 46.1 Å². The van der Waals surface area contributed by atoms with Gasteiger partial charge in [0.2, 0.25) is 0 Å². The summed E-state index contributed by atoms with van der Waals surface area (Å²) in [4.78, 5) is 0. The van der Waals surface area contributed by atoms with Crippen molar-refractivity contribution in [2.24, 2.45) is 0 Å². The molecule has 0 aliphatic rings. The molecule has 0 aromatic heterocycles. The molecule has 0 radical (unpaired) electrons. The number of rotatable bonds is 5. The van der Waals surface area contributed by atoms with Crippen LogP contribution in [0, 0.1) is 0 Å². The Balaban J connectivity index is 2.80. The van der Waals surface area contributed by atoms with Gasteiger partial charge in [0.15, 0.2) is 8.32 Å². The zero-order chi connectivity index (χ0) is 14.5. The van der Waals surface area contributed by atoms with Gasteiger partial charge in [0.1, 0.15) is 0 Å². The van der Waals surface area contributed by atoms with Crippen molar-refractivity contribution in [1.29, 1.82) is 0 Å². The molecular weight excluding hydrogens is 363 g/mol. The molecule has 1 aromatic rings. The maximum atomic E-state index is 6.49. The van der Waals surface area contributed by atoms with Gasteiger partial charge in [-0.15, -0.1) is 0 Å². The third-order valence-corrected chi connectivity index (χ3v) is 8.74. The molecule has 0 heterocycles. The van der Waals surface area contributed by atoms with E-state index in [1.807, 2.05) is 0 Å². The van der Waals surface area contributed by atoms with Crippen LogP contribution in [-0.4, -0.2) is 14.4 Å². The van der Waals surface area contributed by atoms with E-state index in [4.69, 9.17) is 4.43 Å². The van der Waals surface area contributed by atoms with Crippen LogP contribution < -0.4 is 0 Å². The molecule has 0 aliphatic carbocycles. The number of hydrogen-bond acceptors (Lipinski definition) is 1. The van der Waals surface area contributed by atoms with E-state index >= 15 is 0 Å². The first-order valence-corrected chi connectivity index (χ1v) is 10.9. The molecule has 0 aliphatic heterocycles. The first kappa shape index (κ1) is 16.9. The Hall–Kier alpha value is -0.133. The molecule has 1 aromatic carbocycles. The lowest BCUT2D eigenvalue weighted by molar-refractivity contribution is 0.225. The van der Waals surface area contributed by atoms with Gasteiger partial charge in [0.25, 0.3) is 0 Å². The van der Waals surface area contributed by atoms with E-state index in [1.165, 1.54) is 5.56 Å². The smallest absolute Gasteiger partial charge is 0.192 e. The summed E-state index contributed by atoms with van der Waals surface area (Å²) in [5, 5.41) is 0.251. The topological polar surface area (TPSA) is 9.23 Å². The van der Waals surface area contributed by atoms with Crippen molar-refractivity contribution in [1.82, 2.24) is 0 Å². The predicted octanol–water partition coefficient (Wildman–Crippen LogP) is 5.57. The molecule has 19 heavy (non-hydrogen) atoms. The van der Waals surface area contributed by atoms with Gasteiger partial charge in [-0.25, -0.2) is 0 Å². The summed E-state index contributed by atoms with van der Waals surface area (Å²) in [5.41, 5.74) is 1.33. The number of hydrogen-bond donors (Lipinski definition) is 0. The lowest BCUT2D eigenvalue weighted by Gasteiger charge is -2.38. The van der Waals surface area contributed by atoms with Gasteiger partial charge in [-0.05, 0) is 27.8 Å². The lowest BCUT2D eigenvalue weighted by atomic mass is 10.1. The van der Waals surface area contributed by atoms with E-state index in [-0.39, 0.29) is 11.1 Å². The minimum Gasteiger partial charge on any atom is -0.410 e. The van der Waals surface area contributed by atoms with Crippen molar-refractivity contribution in [3.63, 3.8) is 0 Å². The van der Waals surface area contributed by atoms with E-state index in [0.29, 0.717) is 0 Å². The minimum absolute atomic E-state index is 0.181. The van der Waals surface area contributed by atoms with Crippen LogP contribution in [0.25, 0.3) is 0 Å². The first-order chi connectivity index (χ1) is 8.76. The van der Waals surface area contributed by atoms with Gasteiger partial charge >= 0.3 is 0 Å². The van der Waals surface area contributed by atoms with Crippen LogP contribution in [0.1, 0.15) is 26.3 Å². The summed E-state index contributed by atoms with van der Waals surface area (Å²) in [7, 11) is -1.71. The highest BCUT2D eigenvalue weighted by atomic mass is 127. The van der Waals surface area contributed by atoms with Crippen LogP contribution in [0.15, 0.2) is 40.5 Å². The standard InChI is InChI=1S/C16H25IOSi/c1-16(2,3)19(4,5)18-15(11-12-17)13-14-9-7-6-8-10-14/h6-12,15H,13H2,1-5H3/b12-11+/t15-/m1/s1. The SMILES string of the molecule is CC(C)(C)[Si](C)(C)O[C@H](/C=C/I)Cc1ccccc1. The van der Waals surface area contributed by atoms with Gasteiger partial charge in [0.05, 0.1) is 6.10 Å². The summed E-state index contributed by atoms with van der Waals surface area (Å²) in [6, 6.07) is 10.6. The fraction of sp³-hybridized carbons (Fsp3) is 0.500. The van der Waals surface area contributed by atoms with E-state index < -0.39 is 8.32 Å². The van der Waals surface area contributed by atoms with Crippen LogP contribution in [0.2, 0.25) is 18.1 Å². The molecular formula is C16H25IOSi. The van der Waals surface area contributed by atoms with Gasteiger partial charge < -0.3 is 4.43 Å². The zero-order valence-electron chi connectivity index (χ0n) is 12.6. The highest BCUT2D eigenvalue weighted by Gasteiger charge is 2.38. The molecule has 106 valence electrons. The second kappa shape index (κ2) is 7.04. The Morgan fingerprint density at radius 2 is 1.79 bits per heavy atom. The second-order valence-corrected chi connectivity index (χ2v) is 11.9. The highest BCUT2D eigenvalue weighted by molar-refractivity contribution is 14.1. The highest BCUT2D eigenvalue weighted by Crippen LogP contribution is 2.37. The molecule has 1 atom stereocenters. The van der Waals surface area contributed by atoms with Crippen molar-refractivity contribution < 1.29 is 4.43 Å². The van der Waals surface area contributed by atoms with Crippen molar-refractivity contribution in [2.75, 3.05) is 0 Å². The molecule has 3 heteroatoms. The quantitative estimate of drug-likeness (QED) is 0.473. The summed E-state index contributed by atoms with van der Waals surface area (Å²) < 4.78 is 8.56.